The van der Waals surface area contributed by atoms with Gasteiger partial charge in [-0.3, -0.25) is 0 Å². The topological polar surface area (TPSA) is 24.5 Å². The summed E-state index contributed by atoms with van der Waals surface area (Å²) in [5.41, 5.74) is 0. The van der Waals surface area contributed by atoms with E-state index in [1.54, 1.807) is 7.11 Å². The van der Waals surface area contributed by atoms with Crippen molar-refractivity contribution in [3.63, 3.8) is 0 Å². The minimum absolute atomic E-state index is 0.461. The van der Waals surface area contributed by atoms with Crippen LogP contribution in [0.3, 0.4) is 0 Å². The molecule has 0 radical (unpaired) electrons. The Morgan fingerprint density at radius 2 is 2.28 bits per heavy atom. The van der Waals surface area contributed by atoms with Crippen molar-refractivity contribution in [2.45, 2.75) is 24.9 Å². The summed E-state index contributed by atoms with van der Waals surface area (Å²) >= 11 is 1.84. The highest BCUT2D eigenvalue weighted by Crippen LogP contribution is 2.33. The fraction of sp³-hybridized carbons (Fsp3) is 0.714. The van der Waals surface area contributed by atoms with Gasteiger partial charge in [0.15, 0.2) is 0 Å². The zero-order valence-corrected chi connectivity index (χ0v) is 12.4. The molecule has 2 rings (SSSR count). The van der Waals surface area contributed by atoms with Crippen LogP contribution in [0.1, 0.15) is 23.8 Å². The molecule has 2 atom stereocenters. The highest BCUT2D eigenvalue weighted by Gasteiger charge is 2.31. The highest BCUT2D eigenvalue weighted by atomic mass is 32.1. The lowest BCUT2D eigenvalue weighted by molar-refractivity contribution is 0.151. The predicted octanol–water partition coefficient (Wildman–Crippen LogP) is 2.37. The summed E-state index contributed by atoms with van der Waals surface area (Å²) in [6.45, 7) is 1.83. The molecule has 18 heavy (non-hydrogen) atoms. The number of thiophene rings is 1. The van der Waals surface area contributed by atoms with Crippen LogP contribution in [0, 0.1) is 5.92 Å². The highest BCUT2D eigenvalue weighted by molar-refractivity contribution is 7.10. The first-order valence-electron chi connectivity index (χ1n) is 6.64. The number of nitrogens with one attached hydrogen (secondary N) is 1. The van der Waals surface area contributed by atoms with Gasteiger partial charge in [-0.1, -0.05) is 6.07 Å². The number of methoxy groups -OCH3 is 1. The van der Waals surface area contributed by atoms with Gasteiger partial charge in [-0.15, -0.1) is 11.3 Å². The third-order valence-electron chi connectivity index (χ3n) is 3.61. The van der Waals surface area contributed by atoms with E-state index in [4.69, 9.17) is 4.74 Å². The van der Waals surface area contributed by atoms with Crippen molar-refractivity contribution < 1.29 is 4.74 Å². The molecular weight excluding hydrogens is 244 g/mol. The van der Waals surface area contributed by atoms with Gasteiger partial charge in [-0.05, 0) is 44.3 Å². The zero-order chi connectivity index (χ0) is 13.0. The minimum atomic E-state index is 0.461. The third-order valence-corrected chi connectivity index (χ3v) is 4.58. The van der Waals surface area contributed by atoms with Gasteiger partial charge in [0.1, 0.15) is 0 Å². The van der Waals surface area contributed by atoms with E-state index in [2.05, 4.69) is 41.8 Å². The molecular formula is C14H24N2OS. The van der Waals surface area contributed by atoms with Crippen LogP contribution >= 0.6 is 11.3 Å². The van der Waals surface area contributed by atoms with E-state index in [1.165, 1.54) is 17.7 Å². The standard InChI is InChI=1S/C14H24N2OS/c1-16(2)13(14-5-4-8-18-14)9-15-12(10-17-3)11-6-7-11/h4-5,8,11-13,15H,6-7,9-10H2,1-3H3. The molecule has 1 fully saturated rings. The van der Waals surface area contributed by atoms with E-state index >= 15 is 0 Å². The maximum absolute atomic E-state index is 5.32. The first-order chi connectivity index (χ1) is 8.72. The number of rotatable bonds is 8. The first-order valence-corrected chi connectivity index (χ1v) is 7.52. The normalized spacial score (nSPS) is 19.1. The SMILES string of the molecule is COCC(NCC(c1cccs1)N(C)C)C1CC1. The van der Waals surface area contributed by atoms with Crippen molar-refractivity contribution in [3.8, 4) is 0 Å². The van der Waals surface area contributed by atoms with Crippen molar-refractivity contribution >= 4 is 11.3 Å². The molecule has 0 bridgehead atoms. The van der Waals surface area contributed by atoms with Crippen LogP contribution in [0.25, 0.3) is 0 Å². The van der Waals surface area contributed by atoms with Crippen LogP contribution in [0.4, 0.5) is 0 Å². The van der Waals surface area contributed by atoms with Crippen LogP contribution < -0.4 is 5.32 Å². The Bertz CT molecular complexity index is 336. The molecule has 1 N–H and O–H groups in total. The molecule has 1 aliphatic rings. The van der Waals surface area contributed by atoms with Gasteiger partial charge in [0, 0.05) is 24.6 Å². The Labute approximate surface area is 114 Å². The molecule has 0 aromatic carbocycles. The predicted molar refractivity (Wildman–Crippen MR) is 77.1 cm³/mol. The average Bonchev–Trinajstić information content (AvgIpc) is 3.05. The van der Waals surface area contributed by atoms with E-state index in [-0.39, 0.29) is 0 Å². The van der Waals surface area contributed by atoms with Crippen LogP contribution in [-0.4, -0.2) is 45.3 Å². The Kier molecular flexibility index (Phi) is 5.18. The van der Waals surface area contributed by atoms with Crippen LogP contribution in [-0.2, 0) is 4.74 Å². The molecule has 0 saturated heterocycles. The summed E-state index contributed by atoms with van der Waals surface area (Å²) in [5, 5.41) is 5.84. The molecule has 4 heteroatoms. The van der Waals surface area contributed by atoms with Crippen molar-refractivity contribution in [2.75, 3.05) is 34.4 Å². The van der Waals surface area contributed by atoms with Gasteiger partial charge in [-0.25, -0.2) is 0 Å². The van der Waals surface area contributed by atoms with Crippen LogP contribution in [0.5, 0.6) is 0 Å². The molecule has 1 aliphatic carbocycles. The van der Waals surface area contributed by atoms with Crippen molar-refractivity contribution in [1.82, 2.24) is 10.2 Å². The van der Waals surface area contributed by atoms with Crippen molar-refractivity contribution in [1.29, 1.82) is 0 Å². The fourth-order valence-electron chi connectivity index (χ4n) is 2.32. The average molecular weight is 268 g/mol. The molecule has 1 heterocycles. The smallest absolute Gasteiger partial charge is 0.0618 e. The third kappa shape index (κ3) is 3.79. The maximum atomic E-state index is 5.32. The second-order valence-electron chi connectivity index (χ2n) is 5.30. The monoisotopic (exact) mass is 268 g/mol. The second-order valence-corrected chi connectivity index (χ2v) is 6.28. The maximum Gasteiger partial charge on any atom is 0.0618 e. The molecule has 0 amide bonds. The van der Waals surface area contributed by atoms with Crippen molar-refractivity contribution in [2.24, 2.45) is 5.92 Å². The van der Waals surface area contributed by atoms with E-state index in [9.17, 15) is 0 Å². The lowest BCUT2D eigenvalue weighted by Gasteiger charge is -2.26. The summed E-state index contributed by atoms with van der Waals surface area (Å²) in [6.07, 6.45) is 2.71. The molecule has 1 aromatic heterocycles. The largest absolute Gasteiger partial charge is 0.383 e. The van der Waals surface area contributed by atoms with Crippen LogP contribution in [0.15, 0.2) is 17.5 Å². The molecule has 3 nitrogen and oxygen atoms in total. The molecule has 1 aromatic rings. The Balaban J connectivity index is 1.88. The summed E-state index contributed by atoms with van der Waals surface area (Å²) in [7, 11) is 6.09. The van der Waals surface area contributed by atoms with Gasteiger partial charge in [0.25, 0.3) is 0 Å². The number of hydrogen-bond acceptors (Lipinski definition) is 4. The van der Waals surface area contributed by atoms with Gasteiger partial charge < -0.3 is 15.0 Å². The number of nitrogens with zero attached hydrogens (tertiary/aromatic N) is 1. The fourth-order valence-corrected chi connectivity index (χ4v) is 3.24. The minimum Gasteiger partial charge on any atom is -0.383 e. The quantitative estimate of drug-likeness (QED) is 0.783. The number of ether oxygens (including phenoxy) is 1. The molecule has 1 saturated carbocycles. The van der Waals surface area contributed by atoms with Crippen molar-refractivity contribution in [3.05, 3.63) is 22.4 Å². The summed E-state index contributed by atoms with van der Waals surface area (Å²) in [5.74, 6) is 0.830. The summed E-state index contributed by atoms with van der Waals surface area (Å²) in [4.78, 5) is 3.72. The van der Waals surface area contributed by atoms with E-state index in [0.717, 1.165) is 19.1 Å². The van der Waals surface area contributed by atoms with Gasteiger partial charge in [-0.2, -0.15) is 0 Å². The first kappa shape index (κ1) is 14.0. The van der Waals surface area contributed by atoms with Gasteiger partial charge in [0.2, 0.25) is 0 Å². The Morgan fingerprint density at radius 3 is 2.78 bits per heavy atom. The van der Waals surface area contributed by atoms with Gasteiger partial charge in [0.05, 0.1) is 12.6 Å². The molecule has 0 spiro atoms. The second kappa shape index (κ2) is 6.66. The van der Waals surface area contributed by atoms with E-state index in [1.807, 2.05) is 11.3 Å². The Morgan fingerprint density at radius 1 is 1.50 bits per heavy atom. The van der Waals surface area contributed by atoms with E-state index in [0.29, 0.717) is 12.1 Å². The molecule has 0 aliphatic heterocycles. The number of likely N-dealkylation sites (N-methyl/N-ethyl adjacent to an activating group) is 1. The van der Waals surface area contributed by atoms with Crippen LogP contribution in [0.2, 0.25) is 0 Å². The zero-order valence-electron chi connectivity index (χ0n) is 11.6. The van der Waals surface area contributed by atoms with E-state index < -0.39 is 0 Å². The molecule has 102 valence electrons. The Hall–Kier alpha value is -0.420. The summed E-state index contributed by atoms with van der Waals surface area (Å²) < 4.78 is 5.32. The lowest BCUT2D eigenvalue weighted by Crippen LogP contribution is -2.40. The molecule has 2 unspecified atom stereocenters. The number of hydrogen-bond donors (Lipinski definition) is 1. The lowest BCUT2D eigenvalue weighted by atomic mass is 10.1. The van der Waals surface area contributed by atoms with Gasteiger partial charge >= 0.3 is 0 Å². The summed E-state index contributed by atoms with van der Waals surface area (Å²) in [6, 6.07) is 5.34.